The van der Waals surface area contributed by atoms with Gasteiger partial charge in [-0.15, -0.1) is 0 Å². The third kappa shape index (κ3) is 13.2. The van der Waals surface area contributed by atoms with E-state index >= 15 is 0 Å². The molecule has 0 heterocycles. The van der Waals surface area contributed by atoms with Crippen LogP contribution in [0.5, 0.6) is 0 Å². The molecule has 0 aromatic heterocycles. The van der Waals surface area contributed by atoms with Gasteiger partial charge in [0.1, 0.15) is 0 Å². The number of aryl methyl sites for hydroxylation is 4. The van der Waals surface area contributed by atoms with Crippen LogP contribution in [-0.4, -0.2) is 0 Å². The zero-order chi connectivity index (χ0) is 73.5. The molecule has 11 aromatic carbocycles. The quantitative estimate of drug-likeness (QED) is 0.0369. The summed E-state index contributed by atoms with van der Waals surface area (Å²) in [6.45, 7) is 28.7. The van der Waals surface area contributed by atoms with Crippen molar-refractivity contribution in [2.24, 2.45) is 0 Å². The van der Waals surface area contributed by atoms with Gasteiger partial charge in [0.2, 0.25) is 0 Å². The molecule has 0 aliphatic heterocycles. The maximum atomic E-state index is 2.94. The van der Waals surface area contributed by atoms with Crippen molar-refractivity contribution in [3.8, 4) is 89.0 Å². The lowest BCUT2D eigenvalue weighted by Crippen LogP contribution is -2.27. The molecule has 0 amide bonds. The van der Waals surface area contributed by atoms with Crippen molar-refractivity contribution in [3.05, 3.63) is 249 Å². The lowest BCUT2D eigenvalue weighted by molar-refractivity contribution is 0.394. The number of hydrogen-bond donors (Lipinski definition) is 0. The normalized spacial score (nSPS) is 14.8. The maximum absolute atomic E-state index is 2.94. The Morgan fingerprint density at radius 2 is 0.472 bits per heavy atom. The van der Waals surface area contributed by atoms with Crippen molar-refractivity contribution in [2.45, 2.75) is 285 Å². The van der Waals surface area contributed by atoms with Gasteiger partial charge in [0.15, 0.2) is 0 Å². The average molecular weight is 1400 g/mol. The van der Waals surface area contributed by atoms with Crippen molar-refractivity contribution in [1.82, 2.24) is 0 Å². The first-order chi connectivity index (χ1) is 51.6. The molecule has 0 radical (unpaired) electrons. The van der Waals surface area contributed by atoms with E-state index in [1.165, 1.54) is 313 Å². The molecule has 546 valence electrons. The highest BCUT2D eigenvalue weighted by molar-refractivity contribution is 6.12. The molecule has 0 bridgehead atoms. The fourth-order valence-corrected chi connectivity index (χ4v) is 21.0. The zero-order valence-corrected chi connectivity index (χ0v) is 67.1. The van der Waals surface area contributed by atoms with Gasteiger partial charge in [-0.25, -0.2) is 0 Å². The Kier molecular flexibility index (Phi) is 21.4. The zero-order valence-electron chi connectivity index (χ0n) is 67.1. The second-order valence-electron chi connectivity index (χ2n) is 34.9. The first-order valence-electron chi connectivity index (χ1n) is 42.6. The summed E-state index contributed by atoms with van der Waals surface area (Å²) in [5.41, 5.74) is 39.7. The standard InChI is InChI=1S/C106H122/c1-13-17-21-25-29-37-57-105(58-38-30-26-22-18-14-2)95-67-90-88-66-94-92(102-82-44-36-34-42-80(82)86(64-100(102)104(94,11)12)78-55-51-76(52-56-78)84-62-72(6)46-48-74(84)8)70-98(88)106(59-39-31-27-23-19-15-3,60-40-32-28-24-20-16-4)96(90)68-89(95)87-65-93-91(69-97(87)105)101-81-43-35-33-41-79(81)85(63-99(101)103(93,9)10)77-53-49-75(50-54-77)83-61-71(5)45-47-73(83)7/h33-36,41-56,61-70H,13-32,37-40,57-60H2,1-12H3. The molecular formula is C106H122. The van der Waals surface area contributed by atoms with E-state index < -0.39 is 0 Å². The lowest BCUT2D eigenvalue weighted by atomic mass is 9.68. The maximum Gasteiger partial charge on any atom is 0.0215 e. The van der Waals surface area contributed by atoms with Crippen molar-refractivity contribution < 1.29 is 0 Å². The highest BCUT2D eigenvalue weighted by Gasteiger charge is 2.51. The minimum Gasteiger partial charge on any atom is -0.0654 e. The Labute approximate surface area is 639 Å². The van der Waals surface area contributed by atoms with Crippen molar-refractivity contribution in [3.63, 3.8) is 0 Å². The summed E-state index contributed by atoms with van der Waals surface area (Å²) in [5.74, 6) is 0. The van der Waals surface area contributed by atoms with Crippen LogP contribution in [0.2, 0.25) is 0 Å². The Morgan fingerprint density at radius 3 is 0.783 bits per heavy atom. The van der Waals surface area contributed by atoms with E-state index in [-0.39, 0.29) is 21.7 Å². The predicted octanol–water partition coefficient (Wildman–Crippen LogP) is 32.0. The third-order valence-electron chi connectivity index (χ3n) is 27.1. The third-order valence-corrected chi connectivity index (χ3v) is 27.1. The number of benzene rings is 11. The Bertz CT molecular complexity index is 4680. The van der Waals surface area contributed by atoms with Gasteiger partial charge in [-0.1, -0.05) is 354 Å². The average Bonchev–Trinajstić information content (AvgIpc) is 1.51. The van der Waals surface area contributed by atoms with Gasteiger partial charge >= 0.3 is 0 Å². The SMILES string of the molecule is CCCCCCCCC1(CCCCCCCC)c2cc3c(cc2-c2cc4c(cc21)-c1cc2c(cc1C4(CCCCCCCC)CCCCCCCC)-c1c(cc(-c4ccc(-c5cc(C)ccc5C)cc4)c4ccccc14)C2(C)C)C(C)(C)c1cc(-c2ccc(-c4cc(C)ccc4C)cc2)c2ccccc2c1-3. The van der Waals surface area contributed by atoms with Crippen LogP contribution in [0, 0.1) is 27.7 Å². The molecule has 0 unspecified atom stereocenters. The Balaban J connectivity index is 0.929. The Morgan fingerprint density at radius 1 is 0.217 bits per heavy atom. The molecule has 0 N–H and O–H groups in total. The van der Waals surface area contributed by atoms with Gasteiger partial charge in [-0.2, -0.15) is 0 Å². The van der Waals surface area contributed by atoms with Crippen LogP contribution >= 0.6 is 0 Å². The minimum absolute atomic E-state index is 0.118. The van der Waals surface area contributed by atoms with E-state index in [0.717, 1.165) is 0 Å². The fourth-order valence-electron chi connectivity index (χ4n) is 21.0. The minimum atomic E-state index is -0.229. The van der Waals surface area contributed by atoms with E-state index in [0.29, 0.717) is 0 Å². The summed E-state index contributed by atoms with van der Waals surface area (Å²) in [6.07, 6.45) is 36.1. The first kappa shape index (κ1) is 73.5. The molecule has 0 fully saturated rings. The predicted molar refractivity (Wildman–Crippen MR) is 462 cm³/mol. The second kappa shape index (κ2) is 30.9. The molecule has 4 aliphatic carbocycles. The van der Waals surface area contributed by atoms with E-state index in [1.807, 2.05) is 0 Å². The van der Waals surface area contributed by atoms with Gasteiger partial charge in [0, 0.05) is 21.7 Å². The largest absolute Gasteiger partial charge is 0.0654 e. The van der Waals surface area contributed by atoms with Gasteiger partial charge < -0.3 is 0 Å². The smallest absolute Gasteiger partial charge is 0.0215 e. The van der Waals surface area contributed by atoms with Crippen LogP contribution in [0.15, 0.2) is 182 Å². The molecule has 0 saturated heterocycles. The summed E-state index contributed by atoms with van der Waals surface area (Å²) in [6, 6.07) is 74.3. The van der Waals surface area contributed by atoms with E-state index in [2.05, 4.69) is 265 Å². The molecule has 11 aromatic rings. The summed E-state index contributed by atoms with van der Waals surface area (Å²) >= 11 is 0. The van der Waals surface area contributed by atoms with Gasteiger partial charge in [0.25, 0.3) is 0 Å². The topological polar surface area (TPSA) is 0 Å². The van der Waals surface area contributed by atoms with Crippen molar-refractivity contribution in [1.29, 1.82) is 0 Å². The summed E-state index contributed by atoms with van der Waals surface area (Å²) in [5, 5.41) is 5.49. The van der Waals surface area contributed by atoms with E-state index in [1.54, 1.807) is 44.5 Å². The van der Waals surface area contributed by atoms with Gasteiger partial charge in [-0.05, 0) is 268 Å². The van der Waals surface area contributed by atoms with Crippen LogP contribution in [-0.2, 0) is 21.7 Å². The summed E-state index contributed by atoms with van der Waals surface area (Å²) in [4.78, 5) is 0. The Hall–Kier alpha value is -8.06. The molecule has 4 aliphatic rings. The molecule has 106 heavy (non-hydrogen) atoms. The number of unbranched alkanes of at least 4 members (excludes halogenated alkanes) is 20. The highest BCUT2D eigenvalue weighted by Crippen LogP contribution is 2.66. The second-order valence-corrected chi connectivity index (χ2v) is 34.9. The molecule has 15 rings (SSSR count). The summed E-state index contributed by atoms with van der Waals surface area (Å²) in [7, 11) is 0. The van der Waals surface area contributed by atoms with Crippen LogP contribution in [0.4, 0.5) is 0 Å². The summed E-state index contributed by atoms with van der Waals surface area (Å²) < 4.78 is 0. The molecule has 0 saturated carbocycles. The number of hydrogen-bond acceptors (Lipinski definition) is 0. The van der Waals surface area contributed by atoms with Crippen LogP contribution in [0.25, 0.3) is 111 Å². The lowest BCUT2D eigenvalue weighted by Gasteiger charge is -2.35. The highest BCUT2D eigenvalue weighted by atomic mass is 14.5. The van der Waals surface area contributed by atoms with Crippen LogP contribution < -0.4 is 0 Å². The first-order valence-corrected chi connectivity index (χ1v) is 42.6. The molecule has 0 spiro atoms. The fraction of sp³-hybridized carbons (Fsp3) is 0.415. The molecule has 0 nitrogen and oxygen atoms in total. The van der Waals surface area contributed by atoms with Crippen molar-refractivity contribution >= 4 is 21.5 Å². The molecule has 0 heteroatoms. The monoisotopic (exact) mass is 1390 g/mol. The van der Waals surface area contributed by atoms with Gasteiger partial charge in [0.05, 0.1) is 0 Å². The van der Waals surface area contributed by atoms with Crippen molar-refractivity contribution in [2.75, 3.05) is 0 Å². The van der Waals surface area contributed by atoms with E-state index in [4.69, 9.17) is 0 Å². The number of fused-ring (bicyclic) bond motifs is 16. The molecule has 0 atom stereocenters. The molecular weight excluding hydrogens is 1270 g/mol. The van der Waals surface area contributed by atoms with Crippen LogP contribution in [0.1, 0.15) is 302 Å². The van der Waals surface area contributed by atoms with Crippen LogP contribution in [0.3, 0.4) is 0 Å². The van der Waals surface area contributed by atoms with E-state index in [9.17, 15) is 0 Å². The number of rotatable bonds is 32. The van der Waals surface area contributed by atoms with Gasteiger partial charge in [-0.3, -0.25) is 0 Å².